The highest BCUT2D eigenvalue weighted by Crippen LogP contribution is 2.38. The average Bonchev–Trinajstić information content (AvgIpc) is 2.43. The molecule has 0 fully saturated rings. The molecule has 0 bridgehead atoms. The summed E-state index contributed by atoms with van der Waals surface area (Å²) in [7, 11) is 1.41. The second-order valence-corrected chi connectivity index (χ2v) is 4.57. The van der Waals surface area contributed by atoms with E-state index in [0.29, 0.717) is 24.0 Å². The minimum atomic E-state index is -0.192. The zero-order chi connectivity index (χ0) is 13.6. The minimum Gasteiger partial charge on any atom is -0.508 e. The highest BCUT2D eigenvalue weighted by atomic mass is 16.5. The van der Waals surface area contributed by atoms with Gasteiger partial charge in [0.2, 0.25) is 0 Å². The van der Waals surface area contributed by atoms with Gasteiger partial charge in [-0.05, 0) is 18.9 Å². The number of methoxy groups -OCH3 is 1. The first kappa shape index (κ1) is 11.7. The van der Waals surface area contributed by atoms with E-state index in [1.807, 2.05) is 12.2 Å². The number of phenols is 1. The standard InChI is InChI=1S/C15H12O4/c1-19-12-7-8(16)6-11-13(12)15(18)10-5-3-2-4-9(10)14(11)17/h2-3,6-7,16H,4-5H2,1H3. The van der Waals surface area contributed by atoms with Crippen molar-refractivity contribution in [2.24, 2.45) is 0 Å². The molecule has 3 rings (SSSR count). The van der Waals surface area contributed by atoms with Crippen molar-refractivity contribution in [3.63, 3.8) is 0 Å². The Bertz CT molecular complexity index is 665. The SMILES string of the molecule is COc1cc(O)cc2c1C(=O)C1=C(CC=CC1)C2=O. The van der Waals surface area contributed by atoms with Gasteiger partial charge in [-0.3, -0.25) is 9.59 Å². The summed E-state index contributed by atoms with van der Waals surface area (Å²) in [5.41, 5.74) is 1.58. The molecule has 0 spiro atoms. The summed E-state index contributed by atoms with van der Waals surface area (Å²) in [6.07, 6.45) is 4.72. The molecule has 0 aromatic heterocycles. The van der Waals surface area contributed by atoms with Gasteiger partial charge in [0.05, 0.1) is 12.7 Å². The van der Waals surface area contributed by atoms with Crippen LogP contribution in [0.5, 0.6) is 11.5 Å². The Morgan fingerprint density at radius 2 is 1.68 bits per heavy atom. The molecular weight excluding hydrogens is 244 g/mol. The van der Waals surface area contributed by atoms with E-state index >= 15 is 0 Å². The van der Waals surface area contributed by atoms with E-state index in [2.05, 4.69) is 0 Å². The molecule has 0 atom stereocenters. The van der Waals surface area contributed by atoms with Gasteiger partial charge in [-0.1, -0.05) is 12.2 Å². The van der Waals surface area contributed by atoms with Crippen LogP contribution in [0.2, 0.25) is 0 Å². The molecule has 0 unspecified atom stereocenters. The monoisotopic (exact) mass is 256 g/mol. The van der Waals surface area contributed by atoms with Crippen molar-refractivity contribution in [3.8, 4) is 11.5 Å². The fraction of sp³-hybridized carbons (Fsp3) is 0.200. The summed E-state index contributed by atoms with van der Waals surface area (Å²) < 4.78 is 5.12. The Labute approximate surface area is 110 Å². The van der Waals surface area contributed by atoms with Gasteiger partial charge in [0.25, 0.3) is 0 Å². The summed E-state index contributed by atoms with van der Waals surface area (Å²) in [5, 5.41) is 9.63. The van der Waals surface area contributed by atoms with Gasteiger partial charge in [-0.2, -0.15) is 0 Å². The maximum atomic E-state index is 12.5. The summed E-state index contributed by atoms with van der Waals surface area (Å²) >= 11 is 0. The lowest BCUT2D eigenvalue weighted by Crippen LogP contribution is -2.23. The van der Waals surface area contributed by atoms with Crippen LogP contribution < -0.4 is 4.74 Å². The summed E-state index contributed by atoms with van der Waals surface area (Å²) in [6, 6.07) is 2.69. The van der Waals surface area contributed by atoms with Gasteiger partial charge >= 0.3 is 0 Å². The number of ketones is 2. The zero-order valence-corrected chi connectivity index (χ0v) is 10.4. The number of benzene rings is 1. The van der Waals surface area contributed by atoms with Crippen molar-refractivity contribution in [1.29, 1.82) is 0 Å². The van der Waals surface area contributed by atoms with Gasteiger partial charge in [-0.25, -0.2) is 0 Å². The number of allylic oxidation sites excluding steroid dienone is 4. The minimum absolute atomic E-state index is 0.0767. The Morgan fingerprint density at radius 1 is 1.05 bits per heavy atom. The third kappa shape index (κ3) is 1.60. The number of carbonyl (C=O) groups is 2. The van der Waals surface area contributed by atoms with Crippen molar-refractivity contribution >= 4 is 11.6 Å². The Balaban J connectivity index is 2.26. The number of Topliss-reactive ketones (excluding diaryl/α,β-unsaturated/α-hetero) is 2. The Morgan fingerprint density at radius 3 is 2.32 bits per heavy atom. The average molecular weight is 256 g/mol. The van der Waals surface area contributed by atoms with Crippen LogP contribution >= 0.6 is 0 Å². The number of phenolic OH excluding ortho intramolecular Hbond substituents is 1. The van der Waals surface area contributed by atoms with Crippen molar-refractivity contribution < 1.29 is 19.4 Å². The molecule has 4 nitrogen and oxygen atoms in total. The van der Waals surface area contributed by atoms with Crippen LogP contribution in [0.4, 0.5) is 0 Å². The topological polar surface area (TPSA) is 63.6 Å². The molecule has 1 aromatic rings. The largest absolute Gasteiger partial charge is 0.508 e. The van der Waals surface area contributed by atoms with E-state index in [0.717, 1.165) is 0 Å². The first-order valence-corrected chi connectivity index (χ1v) is 6.01. The number of rotatable bonds is 1. The summed E-state index contributed by atoms with van der Waals surface area (Å²) in [6.45, 7) is 0. The number of carbonyl (C=O) groups excluding carboxylic acids is 2. The van der Waals surface area contributed by atoms with Crippen molar-refractivity contribution in [1.82, 2.24) is 0 Å². The zero-order valence-electron chi connectivity index (χ0n) is 10.4. The lowest BCUT2D eigenvalue weighted by molar-refractivity contribution is 0.0967. The Hall–Kier alpha value is -2.36. The summed E-state index contributed by atoms with van der Waals surface area (Å²) in [5.74, 6) is -0.199. The van der Waals surface area contributed by atoms with Gasteiger partial charge in [0, 0.05) is 22.8 Å². The highest BCUT2D eigenvalue weighted by Gasteiger charge is 2.34. The number of aromatic hydroxyl groups is 1. The maximum Gasteiger partial charge on any atom is 0.194 e. The smallest absolute Gasteiger partial charge is 0.194 e. The number of fused-ring (bicyclic) bond motifs is 1. The van der Waals surface area contributed by atoms with E-state index in [1.54, 1.807) is 0 Å². The van der Waals surface area contributed by atoms with Crippen LogP contribution in [-0.4, -0.2) is 23.8 Å². The van der Waals surface area contributed by atoms with E-state index in [9.17, 15) is 14.7 Å². The van der Waals surface area contributed by atoms with Crippen molar-refractivity contribution in [2.75, 3.05) is 7.11 Å². The lowest BCUT2D eigenvalue weighted by Gasteiger charge is -2.23. The van der Waals surface area contributed by atoms with E-state index in [-0.39, 0.29) is 34.2 Å². The molecule has 1 aromatic carbocycles. The molecule has 2 aliphatic carbocycles. The molecule has 4 heteroatoms. The Kier molecular flexibility index (Phi) is 2.52. The third-order valence-electron chi connectivity index (χ3n) is 3.50. The lowest BCUT2D eigenvalue weighted by atomic mass is 9.79. The van der Waals surface area contributed by atoms with Crippen LogP contribution in [0, 0.1) is 0 Å². The molecule has 0 saturated heterocycles. The number of hydrogen-bond acceptors (Lipinski definition) is 4. The predicted octanol–water partition coefficient (Wildman–Crippen LogP) is 2.43. The van der Waals surface area contributed by atoms with Gasteiger partial charge < -0.3 is 9.84 Å². The van der Waals surface area contributed by atoms with Gasteiger partial charge in [-0.15, -0.1) is 0 Å². The van der Waals surface area contributed by atoms with E-state index < -0.39 is 0 Å². The number of hydrogen-bond donors (Lipinski definition) is 1. The van der Waals surface area contributed by atoms with Crippen LogP contribution in [0.15, 0.2) is 35.4 Å². The first-order valence-electron chi connectivity index (χ1n) is 6.01. The van der Waals surface area contributed by atoms with E-state index in [4.69, 9.17) is 4.74 Å². The molecule has 19 heavy (non-hydrogen) atoms. The van der Waals surface area contributed by atoms with Gasteiger partial charge in [0.1, 0.15) is 11.5 Å². The molecule has 2 aliphatic rings. The molecule has 0 aliphatic heterocycles. The normalized spacial score (nSPS) is 17.3. The molecule has 0 radical (unpaired) electrons. The molecule has 0 saturated carbocycles. The predicted molar refractivity (Wildman–Crippen MR) is 68.7 cm³/mol. The fourth-order valence-electron chi connectivity index (χ4n) is 2.60. The summed E-state index contributed by atoms with van der Waals surface area (Å²) in [4.78, 5) is 24.9. The molecule has 0 amide bonds. The van der Waals surface area contributed by atoms with Gasteiger partial charge in [0.15, 0.2) is 11.6 Å². The van der Waals surface area contributed by atoms with Crippen molar-refractivity contribution in [3.05, 3.63) is 46.6 Å². The van der Waals surface area contributed by atoms with Crippen LogP contribution in [0.3, 0.4) is 0 Å². The van der Waals surface area contributed by atoms with Crippen LogP contribution in [0.1, 0.15) is 33.6 Å². The molecule has 96 valence electrons. The number of ether oxygens (including phenoxy) is 1. The maximum absolute atomic E-state index is 12.5. The molecule has 1 N–H and O–H groups in total. The highest BCUT2D eigenvalue weighted by molar-refractivity contribution is 6.28. The van der Waals surface area contributed by atoms with Crippen LogP contribution in [-0.2, 0) is 0 Å². The quantitative estimate of drug-likeness (QED) is 0.784. The molecule has 0 heterocycles. The first-order chi connectivity index (χ1) is 9.13. The molecular formula is C15H12O4. The second-order valence-electron chi connectivity index (χ2n) is 4.57. The fourth-order valence-corrected chi connectivity index (χ4v) is 2.60. The van der Waals surface area contributed by atoms with Crippen LogP contribution in [0.25, 0.3) is 0 Å². The third-order valence-corrected chi connectivity index (χ3v) is 3.50. The van der Waals surface area contributed by atoms with Crippen molar-refractivity contribution in [2.45, 2.75) is 12.8 Å². The second kappa shape index (κ2) is 4.09. The van der Waals surface area contributed by atoms with E-state index in [1.165, 1.54) is 19.2 Å².